The number of nitrogens with zero attached hydrogens (tertiary/aromatic N) is 1. The number of halogens is 1. The monoisotopic (exact) mass is 280 g/mol. The van der Waals surface area contributed by atoms with Gasteiger partial charge in [0.2, 0.25) is 0 Å². The maximum Gasteiger partial charge on any atom is 0.167 e. The molecule has 3 nitrogen and oxygen atoms in total. The van der Waals surface area contributed by atoms with Gasteiger partial charge >= 0.3 is 0 Å². The van der Waals surface area contributed by atoms with Crippen molar-refractivity contribution in [1.82, 2.24) is 0 Å². The molecule has 0 saturated carbocycles. The molecule has 0 spiro atoms. The molecule has 1 aliphatic rings. The van der Waals surface area contributed by atoms with E-state index >= 15 is 0 Å². The number of nitrogen functional groups attached to an aromatic ring is 1. The molecule has 1 heterocycles. The fourth-order valence-electron chi connectivity index (χ4n) is 2.87. The van der Waals surface area contributed by atoms with Gasteiger partial charge in [0.25, 0.3) is 0 Å². The first kappa shape index (κ1) is 14.9. The van der Waals surface area contributed by atoms with Gasteiger partial charge in [-0.1, -0.05) is 13.3 Å². The van der Waals surface area contributed by atoms with Gasteiger partial charge in [-0.25, -0.2) is 4.39 Å². The van der Waals surface area contributed by atoms with Crippen LogP contribution in [0.4, 0.5) is 15.8 Å². The average molecular weight is 280 g/mol. The molecular formula is C16H25FN2O. The maximum absolute atomic E-state index is 13.9. The smallest absolute Gasteiger partial charge is 0.167 e. The van der Waals surface area contributed by atoms with Crippen molar-refractivity contribution in [3.8, 4) is 5.75 Å². The molecule has 0 amide bonds. The summed E-state index contributed by atoms with van der Waals surface area (Å²) in [5.74, 6) is 0.631. The van der Waals surface area contributed by atoms with Gasteiger partial charge in [0.1, 0.15) is 0 Å². The van der Waals surface area contributed by atoms with Crippen molar-refractivity contribution in [3.05, 3.63) is 17.9 Å². The minimum atomic E-state index is -0.385. The third-order valence-electron chi connectivity index (χ3n) is 3.77. The van der Waals surface area contributed by atoms with Crippen LogP contribution in [-0.2, 0) is 0 Å². The standard InChI is InChI=1S/C16H25FN2O/c1-4-5-12-6-7-19(10-12)15-9-16(20-11(2)3)13(17)8-14(15)18/h8-9,11-12H,4-7,10,18H2,1-3H3. The second kappa shape index (κ2) is 6.33. The molecule has 1 atom stereocenters. The molecule has 112 valence electrons. The van der Waals surface area contributed by atoms with E-state index in [1.807, 2.05) is 13.8 Å². The van der Waals surface area contributed by atoms with E-state index in [0.717, 1.165) is 24.7 Å². The number of rotatable bonds is 5. The van der Waals surface area contributed by atoms with E-state index < -0.39 is 0 Å². The van der Waals surface area contributed by atoms with Crippen LogP contribution in [0.5, 0.6) is 5.75 Å². The lowest BCUT2D eigenvalue weighted by molar-refractivity contribution is 0.231. The first-order valence-electron chi connectivity index (χ1n) is 7.51. The minimum Gasteiger partial charge on any atom is -0.488 e. The van der Waals surface area contributed by atoms with Crippen LogP contribution in [0.3, 0.4) is 0 Å². The van der Waals surface area contributed by atoms with E-state index in [1.54, 1.807) is 6.07 Å². The molecule has 1 aromatic rings. The Hall–Kier alpha value is -1.45. The Labute approximate surface area is 120 Å². The van der Waals surface area contributed by atoms with Crippen molar-refractivity contribution in [3.63, 3.8) is 0 Å². The van der Waals surface area contributed by atoms with Crippen LogP contribution in [-0.4, -0.2) is 19.2 Å². The molecular weight excluding hydrogens is 255 g/mol. The van der Waals surface area contributed by atoms with Crippen LogP contribution >= 0.6 is 0 Å². The molecule has 0 aliphatic carbocycles. The zero-order valence-electron chi connectivity index (χ0n) is 12.7. The topological polar surface area (TPSA) is 38.5 Å². The number of hydrogen-bond acceptors (Lipinski definition) is 3. The molecule has 1 aliphatic heterocycles. The molecule has 0 aromatic heterocycles. The number of benzene rings is 1. The predicted octanol–water partition coefficient (Wildman–Crippen LogP) is 3.82. The Bertz CT molecular complexity index is 462. The van der Waals surface area contributed by atoms with Crippen molar-refractivity contribution in [2.24, 2.45) is 5.92 Å². The molecule has 0 bridgehead atoms. The summed E-state index contributed by atoms with van der Waals surface area (Å²) >= 11 is 0. The number of ether oxygens (including phenoxy) is 1. The van der Waals surface area contributed by atoms with Crippen LogP contribution in [0.1, 0.15) is 40.0 Å². The molecule has 1 aromatic carbocycles. The molecule has 20 heavy (non-hydrogen) atoms. The predicted molar refractivity (Wildman–Crippen MR) is 81.8 cm³/mol. The van der Waals surface area contributed by atoms with Gasteiger partial charge in [0.15, 0.2) is 11.6 Å². The minimum absolute atomic E-state index is 0.0487. The first-order chi connectivity index (χ1) is 9.51. The Balaban J connectivity index is 2.19. The van der Waals surface area contributed by atoms with Gasteiger partial charge in [-0.3, -0.25) is 0 Å². The van der Waals surface area contributed by atoms with Gasteiger partial charge in [0, 0.05) is 25.2 Å². The summed E-state index contributed by atoms with van der Waals surface area (Å²) < 4.78 is 19.4. The van der Waals surface area contributed by atoms with Gasteiger partial charge in [-0.15, -0.1) is 0 Å². The second-order valence-corrected chi connectivity index (χ2v) is 5.90. The Morgan fingerprint density at radius 2 is 2.20 bits per heavy atom. The fourth-order valence-corrected chi connectivity index (χ4v) is 2.87. The van der Waals surface area contributed by atoms with Gasteiger partial charge < -0.3 is 15.4 Å². The summed E-state index contributed by atoms with van der Waals surface area (Å²) in [6, 6.07) is 3.12. The van der Waals surface area contributed by atoms with E-state index in [-0.39, 0.29) is 11.9 Å². The van der Waals surface area contributed by atoms with E-state index in [0.29, 0.717) is 11.4 Å². The largest absolute Gasteiger partial charge is 0.488 e. The van der Waals surface area contributed by atoms with E-state index in [4.69, 9.17) is 10.5 Å². The van der Waals surface area contributed by atoms with Crippen LogP contribution in [0.2, 0.25) is 0 Å². The third-order valence-corrected chi connectivity index (χ3v) is 3.77. The van der Waals surface area contributed by atoms with Crippen LogP contribution in [0.15, 0.2) is 12.1 Å². The summed E-state index contributed by atoms with van der Waals surface area (Å²) in [5, 5.41) is 0. The van der Waals surface area contributed by atoms with E-state index in [9.17, 15) is 4.39 Å². The van der Waals surface area contributed by atoms with E-state index in [2.05, 4.69) is 11.8 Å². The van der Waals surface area contributed by atoms with Gasteiger partial charge in [-0.2, -0.15) is 0 Å². The lowest BCUT2D eigenvalue weighted by atomic mass is 10.0. The highest BCUT2D eigenvalue weighted by Gasteiger charge is 2.24. The average Bonchev–Trinajstić information content (AvgIpc) is 2.81. The first-order valence-corrected chi connectivity index (χ1v) is 7.51. The summed E-state index contributed by atoms with van der Waals surface area (Å²) in [6.45, 7) is 7.99. The van der Waals surface area contributed by atoms with Crippen molar-refractivity contribution in [1.29, 1.82) is 0 Å². The molecule has 1 unspecified atom stereocenters. The molecule has 0 radical (unpaired) electrons. The third kappa shape index (κ3) is 3.35. The summed E-state index contributed by atoms with van der Waals surface area (Å²) in [5.41, 5.74) is 7.38. The fraction of sp³-hybridized carbons (Fsp3) is 0.625. The summed E-state index contributed by atoms with van der Waals surface area (Å²) in [6.07, 6.45) is 3.59. The Morgan fingerprint density at radius 3 is 2.85 bits per heavy atom. The Morgan fingerprint density at radius 1 is 1.45 bits per heavy atom. The van der Waals surface area contributed by atoms with E-state index in [1.165, 1.54) is 25.3 Å². The quantitative estimate of drug-likeness (QED) is 0.833. The summed E-state index contributed by atoms with van der Waals surface area (Å²) in [4.78, 5) is 2.25. The zero-order valence-corrected chi connectivity index (χ0v) is 12.7. The van der Waals surface area contributed by atoms with Gasteiger partial charge in [0.05, 0.1) is 17.5 Å². The number of anilines is 2. The molecule has 4 heteroatoms. The number of nitrogens with two attached hydrogens (primary N) is 1. The highest BCUT2D eigenvalue weighted by Crippen LogP contribution is 2.35. The molecule has 2 N–H and O–H groups in total. The highest BCUT2D eigenvalue weighted by molar-refractivity contribution is 5.70. The van der Waals surface area contributed by atoms with Crippen LogP contribution in [0, 0.1) is 11.7 Å². The van der Waals surface area contributed by atoms with Crippen molar-refractivity contribution in [2.45, 2.75) is 46.1 Å². The lowest BCUT2D eigenvalue weighted by Gasteiger charge is -2.22. The normalized spacial score (nSPS) is 18.9. The molecule has 1 saturated heterocycles. The van der Waals surface area contributed by atoms with Crippen LogP contribution in [0.25, 0.3) is 0 Å². The zero-order chi connectivity index (χ0) is 14.7. The number of hydrogen-bond donors (Lipinski definition) is 1. The SMILES string of the molecule is CCCC1CCN(c2cc(OC(C)C)c(F)cc2N)C1. The lowest BCUT2D eigenvalue weighted by Crippen LogP contribution is -2.21. The van der Waals surface area contributed by atoms with Crippen molar-refractivity contribution >= 4 is 11.4 Å². The van der Waals surface area contributed by atoms with Crippen molar-refractivity contribution < 1.29 is 9.13 Å². The maximum atomic E-state index is 13.9. The highest BCUT2D eigenvalue weighted by atomic mass is 19.1. The van der Waals surface area contributed by atoms with Crippen molar-refractivity contribution in [2.75, 3.05) is 23.7 Å². The summed E-state index contributed by atoms with van der Waals surface area (Å²) in [7, 11) is 0. The second-order valence-electron chi connectivity index (χ2n) is 5.90. The Kier molecular flexibility index (Phi) is 4.73. The molecule has 1 fully saturated rings. The van der Waals surface area contributed by atoms with Crippen LogP contribution < -0.4 is 15.4 Å². The van der Waals surface area contributed by atoms with Gasteiger partial charge in [-0.05, 0) is 32.6 Å². The molecule has 2 rings (SSSR count).